The minimum atomic E-state index is -0.719. The van der Waals surface area contributed by atoms with Crippen molar-refractivity contribution < 1.29 is 14.6 Å². The number of aliphatic hydroxyl groups is 1. The molecule has 1 N–H and O–H groups in total. The molecule has 0 bridgehead atoms. The van der Waals surface area contributed by atoms with Crippen LogP contribution in [0.1, 0.15) is 30.6 Å². The lowest BCUT2D eigenvalue weighted by Gasteiger charge is -2.28. The summed E-state index contributed by atoms with van der Waals surface area (Å²) in [5.74, 6) is -0.695. The fraction of sp³-hybridized carbons (Fsp3) is 0.462. The first kappa shape index (κ1) is 11.1. The highest BCUT2D eigenvalue weighted by molar-refractivity contribution is 5.74. The molecule has 1 aliphatic rings. The molecule has 0 radical (unpaired) electrons. The van der Waals surface area contributed by atoms with Crippen LogP contribution in [0.15, 0.2) is 24.3 Å². The number of aryl methyl sites for hydroxylation is 1. The fourth-order valence-electron chi connectivity index (χ4n) is 2.23. The minimum absolute atomic E-state index is 0.287. The molecule has 3 heteroatoms. The van der Waals surface area contributed by atoms with Crippen molar-refractivity contribution in [2.45, 2.75) is 25.9 Å². The van der Waals surface area contributed by atoms with E-state index in [1.807, 2.05) is 24.3 Å². The largest absolute Gasteiger partial charge is 0.466 e. The molecule has 0 amide bonds. The molecule has 0 spiro atoms. The number of benzene rings is 1. The Morgan fingerprint density at radius 3 is 3.00 bits per heavy atom. The molecular formula is C13H16O3. The molecule has 0 saturated heterocycles. The third-order valence-corrected chi connectivity index (χ3v) is 3.07. The standard InChI is InChI=1S/C13H16O3/c1-2-16-13(15)11-8-7-9-5-3-4-6-10(9)12(11)14/h3-6,11-12,14H,2,7-8H2,1H3. The third kappa shape index (κ3) is 1.95. The highest BCUT2D eigenvalue weighted by Crippen LogP contribution is 2.34. The van der Waals surface area contributed by atoms with E-state index < -0.39 is 12.0 Å². The second-order valence-electron chi connectivity index (χ2n) is 4.04. The summed E-state index contributed by atoms with van der Waals surface area (Å²) in [5.41, 5.74) is 2.00. The Hall–Kier alpha value is -1.35. The van der Waals surface area contributed by atoms with Gasteiger partial charge in [0.25, 0.3) is 0 Å². The second-order valence-corrected chi connectivity index (χ2v) is 4.04. The molecule has 0 saturated carbocycles. The summed E-state index contributed by atoms with van der Waals surface area (Å²) < 4.78 is 4.97. The summed E-state index contributed by atoms with van der Waals surface area (Å²) in [6.45, 7) is 2.14. The van der Waals surface area contributed by atoms with Crippen LogP contribution in [-0.4, -0.2) is 17.7 Å². The van der Waals surface area contributed by atoms with Gasteiger partial charge in [-0.1, -0.05) is 24.3 Å². The summed E-state index contributed by atoms with van der Waals surface area (Å²) in [6, 6.07) is 7.72. The van der Waals surface area contributed by atoms with Crippen LogP contribution >= 0.6 is 0 Å². The van der Waals surface area contributed by atoms with Crippen molar-refractivity contribution in [3.8, 4) is 0 Å². The normalized spacial score (nSPS) is 23.6. The van der Waals surface area contributed by atoms with Crippen LogP contribution in [0.4, 0.5) is 0 Å². The van der Waals surface area contributed by atoms with Gasteiger partial charge in [0, 0.05) is 0 Å². The number of fused-ring (bicyclic) bond motifs is 1. The van der Waals surface area contributed by atoms with Gasteiger partial charge in [0.2, 0.25) is 0 Å². The van der Waals surface area contributed by atoms with Crippen molar-refractivity contribution in [3.05, 3.63) is 35.4 Å². The number of aliphatic hydroxyl groups excluding tert-OH is 1. The average molecular weight is 220 g/mol. The summed E-state index contributed by atoms with van der Waals surface area (Å²) in [4.78, 5) is 11.6. The van der Waals surface area contributed by atoms with Gasteiger partial charge in [-0.3, -0.25) is 4.79 Å². The first-order chi connectivity index (χ1) is 7.74. The van der Waals surface area contributed by atoms with Crippen molar-refractivity contribution in [3.63, 3.8) is 0 Å². The molecule has 0 heterocycles. The molecule has 0 aliphatic heterocycles. The number of esters is 1. The smallest absolute Gasteiger partial charge is 0.311 e. The highest BCUT2D eigenvalue weighted by atomic mass is 16.5. The monoisotopic (exact) mass is 220 g/mol. The Labute approximate surface area is 95.0 Å². The SMILES string of the molecule is CCOC(=O)C1CCc2ccccc2C1O. The van der Waals surface area contributed by atoms with E-state index in [1.54, 1.807) is 6.92 Å². The Bertz CT molecular complexity index is 387. The summed E-state index contributed by atoms with van der Waals surface area (Å²) in [7, 11) is 0. The van der Waals surface area contributed by atoms with E-state index in [4.69, 9.17) is 4.74 Å². The van der Waals surface area contributed by atoms with Crippen LogP contribution in [0.2, 0.25) is 0 Å². The van der Waals surface area contributed by atoms with E-state index in [0.29, 0.717) is 13.0 Å². The van der Waals surface area contributed by atoms with E-state index >= 15 is 0 Å². The van der Waals surface area contributed by atoms with Gasteiger partial charge in [-0.05, 0) is 30.9 Å². The maximum absolute atomic E-state index is 11.6. The quantitative estimate of drug-likeness (QED) is 0.774. The lowest BCUT2D eigenvalue weighted by atomic mass is 9.81. The number of rotatable bonds is 2. The van der Waals surface area contributed by atoms with Crippen LogP contribution in [-0.2, 0) is 16.0 Å². The lowest BCUT2D eigenvalue weighted by molar-refractivity contribution is -0.153. The van der Waals surface area contributed by atoms with Crippen molar-refractivity contribution in [2.24, 2.45) is 5.92 Å². The number of carbonyl (C=O) groups is 1. The maximum atomic E-state index is 11.6. The minimum Gasteiger partial charge on any atom is -0.466 e. The number of hydrogen-bond donors (Lipinski definition) is 1. The number of carbonyl (C=O) groups excluding carboxylic acids is 1. The molecule has 1 aromatic rings. The van der Waals surface area contributed by atoms with Gasteiger partial charge in [0.1, 0.15) is 0 Å². The molecule has 0 fully saturated rings. The summed E-state index contributed by atoms with van der Waals surface area (Å²) in [5, 5.41) is 10.1. The summed E-state index contributed by atoms with van der Waals surface area (Å²) in [6.07, 6.45) is 0.775. The second kappa shape index (κ2) is 4.66. The lowest BCUT2D eigenvalue weighted by Crippen LogP contribution is -2.29. The van der Waals surface area contributed by atoms with E-state index in [2.05, 4.69) is 0 Å². The van der Waals surface area contributed by atoms with Crippen LogP contribution < -0.4 is 0 Å². The Kier molecular flexibility index (Phi) is 3.25. The van der Waals surface area contributed by atoms with E-state index in [-0.39, 0.29) is 5.97 Å². The van der Waals surface area contributed by atoms with Crippen LogP contribution in [0.25, 0.3) is 0 Å². The zero-order valence-corrected chi connectivity index (χ0v) is 9.35. The van der Waals surface area contributed by atoms with Crippen molar-refractivity contribution in [2.75, 3.05) is 6.61 Å². The van der Waals surface area contributed by atoms with E-state index in [0.717, 1.165) is 17.5 Å². The molecule has 2 rings (SSSR count). The van der Waals surface area contributed by atoms with Crippen LogP contribution in [0, 0.1) is 5.92 Å². The number of ether oxygens (including phenoxy) is 1. The van der Waals surface area contributed by atoms with Crippen molar-refractivity contribution in [1.82, 2.24) is 0 Å². The predicted molar refractivity (Wildman–Crippen MR) is 59.8 cm³/mol. The average Bonchev–Trinajstić information content (AvgIpc) is 2.30. The van der Waals surface area contributed by atoms with Gasteiger partial charge < -0.3 is 9.84 Å². The zero-order valence-electron chi connectivity index (χ0n) is 9.35. The fourth-order valence-corrected chi connectivity index (χ4v) is 2.23. The van der Waals surface area contributed by atoms with Gasteiger partial charge in [0.05, 0.1) is 18.6 Å². The van der Waals surface area contributed by atoms with Crippen molar-refractivity contribution >= 4 is 5.97 Å². The summed E-state index contributed by atoms with van der Waals surface area (Å²) >= 11 is 0. The van der Waals surface area contributed by atoms with Gasteiger partial charge in [-0.25, -0.2) is 0 Å². The van der Waals surface area contributed by atoms with E-state index in [9.17, 15) is 9.90 Å². The molecule has 86 valence electrons. The van der Waals surface area contributed by atoms with Crippen LogP contribution in [0.3, 0.4) is 0 Å². The molecule has 2 atom stereocenters. The Morgan fingerprint density at radius 2 is 2.25 bits per heavy atom. The van der Waals surface area contributed by atoms with Crippen LogP contribution in [0.5, 0.6) is 0 Å². The van der Waals surface area contributed by atoms with E-state index in [1.165, 1.54) is 0 Å². The molecule has 0 aromatic heterocycles. The van der Waals surface area contributed by atoms with Gasteiger partial charge in [-0.2, -0.15) is 0 Å². The number of hydrogen-bond acceptors (Lipinski definition) is 3. The van der Waals surface area contributed by atoms with Gasteiger partial charge in [0.15, 0.2) is 0 Å². The molecule has 3 nitrogen and oxygen atoms in total. The van der Waals surface area contributed by atoms with Gasteiger partial charge in [-0.15, -0.1) is 0 Å². The Morgan fingerprint density at radius 1 is 1.50 bits per heavy atom. The first-order valence-corrected chi connectivity index (χ1v) is 5.66. The third-order valence-electron chi connectivity index (χ3n) is 3.07. The molecule has 1 aliphatic carbocycles. The first-order valence-electron chi connectivity index (χ1n) is 5.66. The maximum Gasteiger partial charge on any atom is 0.311 e. The van der Waals surface area contributed by atoms with Crippen molar-refractivity contribution in [1.29, 1.82) is 0 Å². The molecule has 2 unspecified atom stereocenters. The topological polar surface area (TPSA) is 46.5 Å². The Balaban J connectivity index is 2.21. The highest BCUT2D eigenvalue weighted by Gasteiger charge is 2.33. The molecular weight excluding hydrogens is 204 g/mol. The molecule has 16 heavy (non-hydrogen) atoms. The molecule has 1 aromatic carbocycles. The zero-order chi connectivity index (χ0) is 11.5. The predicted octanol–water partition coefficient (Wildman–Crippen LogP) is 1.85. The van der Waals surface area contributed by atoms with Gasteiger partial charge >= 0.3 is 5.97 Å².